The summed E-state index contributed by atoms with van der Waals surface area (Å²) in [4.78, 5) is 8.64. The quantitative estimate of drug-likeness (QED) is 0.721. The standard InChI is InChI=1S/C14H13BrN4.ClH/c1-11-16-6-7-18(11)8-13-9-19(10-17-13)14-4-2-12(15)3-5-14;/h2-7,9-10H,8H2,1H3;1H. The highest BCUT2D eigenvalue weighted by atomic mass is 79.9. The van der Waals surface area contributed by atoms with Crippen LogP contribution in [-0.2, 0) is 6.54 Å². The third kappa shape index (κ3) is 3.11. The first-order valence-electron chi connectivity index (χ1n) is 5.99. The summed E-state index contributed by atoms with van der Waals surface area (Å²) in [7, 11) is 0. The van der Waals surface area contributed by atoms with Gasteiger partial charge in [-0.1, -0.05) is 15.9 Å². The fraction of sp³-hybridized carbons (Fsp3) is 0.143. The minimum Gasteiger partial charge on any atom is -0.329 e. The zero-order valence-electron chi connectivity index (χ0n) is 10.9. The molecule has 0 atom stereocenters. The van der Waals surface area contributed by atoms with Crippen molar-refractivity contribution in [2.24, 2.45) is 0 Å². The zero-order chi connectivity index (χ0) is 13.2. The first-order chi connectivity index (χ1) is 9.22. The number of hydrogen-bond acceptors (Lipinski definition) is 2. The highest BCUT2D eigenvalue weighted by molar-refractivity contribution is 9.10. The van der Waals surface area contributed by atoms with Crippen LogP contribution in [0.4, 0.5) is 0 Å². The van der Waals surface area contributed by atoms with Crippen molar-refractivity contribution < 1.29 is 0 Å². The molecular formula is C14H14BrClN4. The van der Waals surface area contributed by atoms with E-state index in [0.717, 1.165) is 28.2 Å². The van der Waals surface area contributed by atoms with Gasteiger partial charge in [0.15, 0.2) is 0 Å². The lowest BCUT2D eigenvalue weighted by atomic mass is 10.3. The zero-order valence-corrected chi connectivity index (χ0v) is 13.3. The molecule has 0 amide bonds. The normalized spacial score (nSPS) is 10.3. The minimum absolute atomic E-state index is 0. The van der Waals surface area contributed by atoms with Gasteiger partial charge < -0.3 is 9.13 Å². The van der Waals surface area contributed by atoms with E-state index in [1.165, 1.54) is 0 Å². The molecule has 0 saturated carbocycles. The van der Waals surface area contributed by atoms with Gasteiger partial charge in [-0.05, 0) is 31.2 Å². The van der Waals surface area contributed by atoms with Crippen molar-refractivity contribution in [3.63, 3.8) is 0 Å². The number of hydrogen-bond donors (Lipinski definition) is 0. The van der Waals surface area contributed by atoms with Crippen LogP contribution in [0.2, 0.25) is 0 Å². The van der Waals surface area contributed by atoms with E-state index >= 15 is 0 Å². The minimum atomic E-state index is 0. The Labute approximate surface area is 132 Å². The van der Waals surface area contributed by atoms with Crippen molar-refractivity contribution in [1.29, 1.82) is 0 Å². The molecule has 0 unspecified atom stereocenters. The smallest absolute Gasteiger partial charge is 0.105 e. The van der Waals surface area contributed by atoms with Crippen molar-refractivity contribution >= 4 is 28.3 Å². The van der Waals surface area contributed by atoms with Crippen LogP contribution in [0, 0.1) is 6.92 Å². The number of imidazole rings is 2. The average molecular weight is 354 g/mol. The molecule has 20 heavy (non-hydrogen) atoms. The molecule has 0 bridgehead atoms. The number of halogens is 2. The van der Waals surface area contributed by atoms with Gasteiger partial charge in [0.2, 0.25) is 0 Å². The topological polar surface area (TPSA) is 35.6 Å². The predicted molar refractivity (Wildman–Crippen MR) is 84.6 cm³/mol. The fourth-order valence-electron chi connectivity index (χ4n) is 1.94. The maximum absolute atomic E-state index is 4.43. The van der Waals surface area contributed by atoms with Gasteiger partial charge >= 0.3 is 0 Å². The third-order valence-electron chi connectivity index (χ3n) is 3.02. The van der Waals surface area contributed by atoms with E-state index in [0.29, 0.717) is 0 Å². The molecule has 6 heteroatoms. The van der Waals surface area contributed by atoms with Crippen LogP contribution < -0.4 is 0 Å². The van der Waals surface area contributed by atoms with Crippen molar-refractivity contribution in [2.75, 3.05) is 0 Å². The molecule has 3 aromatic rings. The number of benzene rings is 1. The highest BCUT2D eigenvalue weighted by Crippen LogP contribution is 2.14. The monoisotopic (exact) mass is 352 g/mol. The molecule has 0 spiro atoms. The number of rotatable bonds is 3. The van der Waals surface area contributed by atoms with E-state index < -0.39 is 0 Å². The molecule has 2 aromatic heterocycles. The van der Waals surface area contributed by atoms with Gasteiger partial charge in [-0.25, -0.2) is 9.97 Å². The molecule has 4 nitrogen and oxygen atoms in total. The molecule has 0 aliphatic heterocycles. The second-order valence-corrected chi connectivity index (χ2v) is 5.27. The lowest BCUT2D eigenvalue weighted by Gasteiger charge is -2.02. The van der Waals surface area contributed by atoms with Crippen molar-refractivity contribution in [3.05, 3.63) is 65.2 Å². The Hall–Kier alpha value is -1.59. The van der Waals surface area contributed by atoms with Gasteiger partial charge in [0.1, 0.15) is 5.82 Å². The second kappa shape index (κ2) is 6.24. The van der Waals surface area contributed by atoms with Gasteiger partial charge in [0.05, 0.1) is 18.6 Å². The highest BCUT2D eigenvalue weighted by Gasteiger charge is 2.03. The lowest BCUT2D eigenvalue weighted by molar-refractivity contribution is 0.746. The maximum atomic E-state index is 4.43. The first-order valence-corrected chi connectivity index (χ1v) is 6.78. The maximum Gasteiger partial charge on any atom is 0.105 e. The summed E-state index contributed by atoms with van der Waals surface area (Å²) in [5, 5.41) is 0. The SMILES string of the molecule is Cc1nccn1Cc1cn(-c2ccc(Br)cc2)cn1.Cl. The summed E-state index contributed by atoms with van der Waals surface area (Å²) in [5.41, 5.74) is 2.12. The van der Waals surface area contributed by atoms with E-state index in [9.17, 15) is 0 Å². The van der Waals surface area contributed by atoms with E-state index in [1.54, 1.807) is 6.20 Å². The lowest BCUT2D eigenvalue weighted by Crippen LogP contribution is -2.00. The van der Waals surface area contributed by atoms with Crippen molar-refractivity contribution in [3.8, 4) is 5.69 Å². The summed E-state index contributed by atoms with van der Waals surface area (Å²) < 4.78 is 5.17. The first kappa shape index (κ1) is 14.8. The molecule has 0 aliphatic carbocycles. The Balaban J connectivity index is 0.00000147. The van der Waals surface area contributed by atoms with Gasteiger partial charge in [-0.2, -0.15) is 0 Å². The van der Waals surface area contributed by atoms with E-state index in [2.05, 4.69) is 42.6 Å². The summed E-state index contributed by atoms with van der Waals surface area (Å²) in [6.07, 6.45) is 7.66. The van der Waals surface area contributed by atoms with Gasteiger partial charge in [-0.3, -0.25) is 0 Å². The van der Waals surface area contributed by atoms with Crippen LogP contribution in [0.25, 0.3) is 5.69 Å². The molecule has 0 N–H and O–H groups in total. The second-order valence-electron chi connectivity index (χ2n) is 4.35. The predicted octanol–water partition coefficient (Wildman–Crippen LogP) is 3.61. The molecule has 0 aliphatic rings. The van der Waals surface area contributed by atoms with Gasteiger partial charge in [0, 0.05) is 28.8 Å². The summed E-state index contributed by atoms with van der Waals surface area (Å²) in [6.45, 7) is 2.74. The van der Waals surface area contributed by atoms with Crippen LogP contribution in [0.1, 0.15) is 11.5 Å². The summed E-state index contributed by atoms with van der Waals surface area (Å²) >= 11 is 3.44. The molecule has 2 heterocycles. The Morgan fingerprint density at radius 2 is 1.90 bits per heavy atom. The van der Waals surface area contributed by atoms with E-state index in [-0.39, 0.29) is 12.4 Å². The summed E-state index contributed by atoms with van der Waals surface area (Å²) in [6, 6.07) is 8.15. The Kier molecular flexibility index (Phi) is 4.62. The van der Waals surface area contributed by atoms with Crippen LogP contribution in [0.15, 0.2) is 53.7 Å². The van der Waals surface area contributed by atoms with E-state index in [4.69, 9.17) is 0 Å². The number of nitrogens with zero attached hydrogens (tertiary/aromatic N) is 4. The largest absolute Gasteiger partial charge is 0.329 e. The Morgan fingerprint density at radius 3 is 2.55 bits per heavy atom. The van der Waals surface area contributed by atoms with Crippen LogP contribution in [0.3, 0.4) is 0 Å². The van der Waals surface area contributed by atoms with Crippen molar-refractivity contribution in [2.45, 2.75) is 13.5 Å². The Bertz CT molecular complexity index is 687. The molecule has 0 fully saturated rings. The molecule has 0 saturated heterocycles. The Morgan fingerprint density at radius 1 is 1.15 bits per heavy atom. The number of aromatic nitrogens is 4. The fourth-order valence-corrected chi connectivity index (χ4v) is 2.21. The molecular weight excluding hydrogens is 340 g/mol. The van der Waals surface area contributed by atoms with Crippen molar-refractivity contribution in [1.82, 2.24) is 19.1 Å². The summed E-state index contributed by atoms with van der Waals surface area (Å²) in [5.74, 6) is 0.998. The number of aryl methyl sites for hydroxylation is 1. The molecule has 1 aromatic carbocycles. The van der Waals surface area contributed by atoms with E-state index in [1.807, 2.05) is 42.3 Å². The van der Waals surface area contributed by atoms with Crippen LogP contribution in [-0.4, -0.2) is 19.1 Å². The van der Waals surface area contributed by atoms with Crippen LogP contribution in [0.5, 0.6) is 0 Å². The molecule has 0 radical (unpaired) electrons. The third-order valence-corrected chi connectivity index (χ3v) is 3.55. The average Bonchev–Trinajstić information content (AvgIpc) is 3.01. The van der Waals surface area contributed by atoms with Crippen LogP contribution >= 0.6 is 28.3 Å². The van der Waals surface area contributed by atoms with Gasteiger partial charge in [-0.15, -0.1) is 12.4 Å². The molecule has 104 valence electrons. The molecule has 3 rings (SSSR count). The van der Waals surface area contributed by atoms with Gasteiger partial charge in [0.25, 0.3) is 0 Å².